The molecule has 1 aromatic heterocycles. The molecule has 2 N–H and O–H groups in total. The summed E-state index contributed by atoms with van der Waals surface area (Å²) in [7, 11) is -3.31. The van der Waals surface area contributed by atoms with Crippen LogP contribution in [0.3, 0.4) is 0 Å². The maximum atomic E-state index is 12.1. The van der Waals surface area contributed by atoms with Crippen molar-refractivity contribution in [1.29, 1.82) is 0 Å². The van der Waals surface area contributed by atoms with E-state index < -0.39 is 9.84 Å². The molecule has 0 aliphatic heterocycles. The molecule has 2 aromatic rings. The molecule has 0 atom stereocenters. The summed E-state index contributed by atoms with van der Waals surface area (Å²) < 4.78 is 25.0. The van der Waals surface area contributed by atoms with Gasteiger partial charge in [-0.25, -0.2) is 18.2 Å². The van der Waals surface area contributed by atoms with E-state index in [1.165, 1.54) is 0 Å². The molecule has 0 radical (unpaired) electrons. The van der Waals surface area contributed by atoms with Crippen molar-refractivity contribution in [2.24, 2.45) is 0 Å². The van der Waals surface area contributed by atoms with Gasteiger partial charge in [-0.1, -0.05) is 13.8 Å². The minimum atomic E-state index is -3.31. The molecule has 0 unspecified atom stereocenters. The van der Waals surface area contributed by atoms with Crippen molar-refractivity contribution in [3.8, 4) is 0 Å². The number of carbonyl (C=O) groups excluding carboxylic acids is 1. The molecule has 22 heavy (non-hydrogen) atoms. The summed E-state index contributed by atoms with van der Waals surface area (Å²) in [5, 5.41) is 5.44. The van der Waals surface area contributed by atoms with E-state index in [2.05, 4.69) is 15.6 Å². The summed E-state index contributed by atoms with van der Waals surface area (Å²) in [4.78, 5) is 15.8. The number of hydrogen-bond donors (Lipinski definition) is 2. The van der Waals surface area contributed by atoms with Crippen molar-refractivity contribution < 1.29 is 13.2 Å². The Kier molecular flexibility index (Phi) is 5.36. The second-order valence-corrected chi connectivity index (χ2v) is 8.18. The molecule has 6 nitrogen and oxygen atoms in total. The number of carbonyl (C=O) groups is 1. The first-order valence-corrected chi connectivity index (χ1v) is 9.61. The first-order valence-electron chi connectivity index (χ1n) is 7.14. The number of benzene rings is 1. The lowest BCUT2D eigenvalue weighted by molar-refractivity contribution is 0.252. The Balaban J connectivity index is 2.22. The molecular weight excluding hydrogens is 322 g/mol. The maximum Gasteiger partial charge on any atom is 0.319 e. The van der Waals surface area contributed by atoms with Crippen LogP contribution >= 0.6 is 11.3 Å². The summed E-state index contributed by atoms with van der Waals surface area (Å²) in [5.41, 5.74) is 1.24. The smallest absolute Gasteiger partial charge is 0.319 e. The van der Waals surface area contributed by atoms with Crippen molar-refractivity contribution >= 4 is 43.1 Å². The molecule has 0 spiro atoms. The third-order valence-corrected chi connectivity index (χ3v) is 6.29. The van der Waals surface area contributed by atoms with Crippen LogP contribution in [0.5, 0.6) is 0 Å². The number of anilines is 1. The number of nitrogens with one attached hydrogen (secondary N) is 2. The number of amides is 2. The molecule has 1 aromatic carbocycles. The number of urea groups is 1. The van der Waals surface area contributed by atoms with E-state index in [0.717, 1.165) is 22.5 Å². The lowest BCUT2D eigenvalue weighted by Crippen LogP contribution is -2.29. The van der Waals surface area contributed by atoms with Crippen LogP contribution < -0.4 is 10.6 Å². The molecule has 8 heteroatoms. The van der Waals surface area contributed by atoms with Crippen molar-refractivity contribution in [3.63, 3.8) is 0 Å². The summed E-state index contributed by atoms with van der Waals surface area (Å²) in [6, 6.07) is 4.89. The summed E-state index contributed by atoms with van der Waals surface area (Å²) in [6.07, 6.45) is 1.42. The summed E-state index contributed by atoms with van der Waals surface area (Å²) in [5.74, 6) is 0.0946. The van der Waals surface area contributed by atoms with E-state index in [1.54, 1.807) is 18.2 Å². The lowest BCUT2D eigenvalue weighted by atomic mass is 10.3. The van der Waals surface area contributed by atoms with E-state index in [4.69, 9.17) is 0 Å². The van der Waals surface area contributed by atoms with Crippen LogP contribution in [0.2, 0.25) is 0 Å². The zero-order valence-corrected chi connectivity index (χ0v) is 14.2. The van der Waals surface area contributed by atoms with Crippen LogP contribution in [0.15, 0.2) is 22.5 Å². The van der Waals surface area contributed by atoms with Gasteiger partial charge in [0, 0.05) is 12.2 Å². The molecule has 0 aliphatic carbocycles. The van der Waals surface area contributed by atoms with Crippen LogP contribution in [-0.4, -0.2) is 31.7 Å². The van der Waals surface area contributed by atoms with E-state index in [-0.39, 0.29) is 16.1 Å². The first-order chi connectivity index (χ1) is 10.5. The van der Waals surface area contributed by atoms with Crippen LogP contribution in [0.25, 0.3) is 10.2 Å². The van der Waals surface area contributed by atoms with Crippen molar-refractivity contribution in [3.05, 3.63) is 18.2 Å². The molecule has 2 amide bonds. The molecule has 0 fully saturated rings. The molecule has 1 heterocycles. The third-order valence-electron chi connectivity index (χ3n) is 2.90. The van der Waals surface area contributed by atoms with Crippen molar-refractivity contribution in [1.82, 2.24) is 10.3 Å². The fourth-order valence-corrected chi connectivity index (χ4v) is 4.60. The number of thiazole rings is 1. The van der Waals surface area contributed by atoms with E-state index in [9.17, 15) is 13.2 Å². The SMILES string of the molecule is CCCNC(=O)Nc1ccc2nc(S(=O)(=O)CCC)sc2c1. The molecule has 120 valence electrons. The monoisotopic (exact) mass is 341 g/mol. The van der Waals surface area contributed by atoms with Gasteiger partial charge in [0.25, 0.3) is 0 Å². The topological polar surface area (TPSA) is 88.2 Å². The zero-order chi connectivity index (χ0) is 16.2. The number of sulfone groups is 1. The average Bonchev–Trinajstić information content (AvgIpc) is 2.89. The van der Waals surface area contributed by atoms with Gasteiger partial charge in [-0.05, 0) is 31.0 Å². The van der Waals surface area contributed by atoms with Gasteiger partial charge in [-0.15, -0.1) is 11.3 Å². The lowest BCUT2D eigenvalue weighted by Gasteiger charge is -2.06. The van der Waals surface area contributed by atoms with Crippen LogP contribution in [0.1, 0.15) is 26.7 Å². The Hall–Kier alpha value is -1.67. The minimum absolute atomic E-state index is 0.0946. The largest absolute Gasteiger partial charge is 0.338 e. The Morgan fingerprint density at radius 2 is 2.05 bits per heavy atom. The van der Waals surface area contributed by atoms with Crippen molar-refractivity contribution in [2.75, 3.05) is 17.6 Å². The minimum Gasteiger partial charge on any atom is -0.338 e. The summed E-state index contributed by atoms with van der Waals surface area (Å²) in [6.45, 7) is 4.40. The predicted octanol–water partition coefficient (Wildman–Crippen LogP) is 3.01. The quantitative estimate of drug-likeness (QED) is 0.845. The number of aromatic nitrogens is 1. The van der Waals surface area contributed by atoms with E-state index in [1.807, 2.05) is 13.8 Å². The van der Waals surface area contributed by atoms with Gasteiger partial charge in [0.05, 0.1) is 16.0 Å². The van der Waals surface area contributed by atoms with Gasteiger partial charge in [0.2, 0.25) is 14.2 Å². The third kappa shape index (κ3) is 3.95. The number of rotatable bonds is 6. The second kappa shape index (κ2) is 7.06. The van der Waals surface area contributed by atoms with Gasteiger partial charge < -0.3 is 10.6 Å². The fourth-order valence-electron chi connectivity index (χ4n) is 1.88. The molecular formula is C14H19N3O3S2. The molecule has 2 rings (SSSR count). The summed E-state index contributed by atoms with van der Waals surface area (Å²) >= 11 is 1.13. The Bertz CT molecular complexity index is 769. The van der Waals surface area contributed by atoms with Gasteiger partial charge in [0.1, 0.15) is 0 Å². The Morgan fingerprint density at radius 1 is 1.27 bits per heavy atom. The highest BCUT2D eigenvalue weighted by Crippen LogP contribution is 2.28. The molecule has 0 saturated carbocycles. The van der Waals surface area contributed by atoms with E-state index in [0.29, 0.717) is 24.2 Å². The normalized spacial score (nSPS) is 11.5. The highest BCUT2D eigenvalue weighted by molar-refractivity contribution is 7.93. The van der Waals surface area contributed by atoms with Gasteiger partial charge in [-0.2, -0.15) is 0 Å². The molecule has 0 bridgehead atoms. The van der Waals surface area contributed by atoms with Gasteiger partial charge in [-0.3, -0.25) is 0 Å². The van der Waals surface area contributed by atoms with Crippen LogP contribution in [0, 0.1) is 0 Å². The Labute approximate surface area is 133 Å². The standard InChI is InChI=1S/C14H19N3O3S2/c1-3-7-15-13(18)16-10-5-6-11-12(9-10)21-14(17-11)22(19,20)8-4-2/h5-6,9H,3-4,7-8H2,1-2H3,(H2,15,16,18). The van der Waals surface area contributed by atoms with Gasteiger partial charge in [0.15, 0.2) is 0 Å². The van der Waals surface area contributed by atoms with Crippen molar-refractivity contribution in [2.45, 2.75) is 31.0 Å². The maximum absolute atomic E-state index is 12.1. The fraction of sp³-hybridized carbons (Fsp3) is 0.429. The zero-order valence-electron chi connectivity index (χ0n) is 12.5. The molecule has 0 saturated heterocycles. The van der Waals surface area contributed by atoms with E-state index >= 15 is 0 Å². The van der Waals surface area contributed by atoms with Crippen LogP contribution in [0.4, 0.5) is 10.5 Å². The van der Waals surface area contributed by atoms with Crippen LogP contribution in [-0.2, 0) is 9.84 Å². The highest BCUT2D eigenvalue weighted by Gasteiger charge is 2.18. The average molecular weight is 341 g/mol. The first kappa shape index (κ1) is 16.7. The number of fused-ring (bicyclic) bond motifs is 1. The predicted molar refractivity (Wildman–Crippen MR) is 89.3 cm³/mol. The molecule has 0 aliphatic rings. The van der Waals surface area contributed by atoms with Gasteiger partial charge >= 0.3 is 6.03 Å². The Morgan fingerprint density at radius 3 is 2.73 bits per heavy atom. The number of hydrogen-bond acceptors (Lipinski definition) is 5. The number of nitrogens with zero attached hydrogens (tertiary/aromatic N) is 1. The highest BCUT2D eigenvalue weighted by atomic mass is 32.2. The second-order valence-electron chi connectivity index (χ2n) is 4.86.